The van der Waals surface area contributed by atoms with Crippen LogP contribution in [0.1, 0.15) is 0 Å². The maximum absolute atomic E-state index is 12.5. The first-order chi connectivity index (χ1) is 9.75. The standard InChI is InChI=1S/C16H11ClN2O/c17-13-8-6-11(7-9-13)14-10-18-19-15(16(14)20)12-4-2-1-3-5-12/h1-10H,(H,18,20). The fourth-order valence-corrected chi connectivity index (χ4v) is 2.17. The summed E-state index contributed by atoms with van der Waals surface area (Å²) in [5.74, 6) is 0. The van der Waals surface area contributed by atoms with Crippen LogP contribution in [0.4, 0.5) is 0 Å². The molecule has 0 aliphatic carbocycles. The molecule has 20 heavy (non-hydrogen) atoms. The Kier molecular flexibility index (Phi) is 3.35. The Bertz CT molecular complexity index is 780. The van der Waals surface area contributed by atoms with E-state index in [4.69, 9.17) is 11.6 Å². The number of hydrogen-bond acceptors (Lipinski definition) is 2. The molecule has 0 unspecified atom stereocenters. The Morgan fingerprint density at radius 1 is 0.900 bits per heavy atom. The number of H-pyrrole nitrogens is 1. The average molecular weight is 283 g/mol. The van der Waals surface area contributed by atoms with Crippen molar-refractivity contribution in [3.8, 4) is 22.4 Å². The molecule has 0 saturated heterocycles. The van der Waals surface area contributed by atoms with Crippen molar-refractivity contribution in [2.24, 2.45) is 0 Å². The molecule has 0 atom stereocenters. The van der Waals surface area contributed by atoms with Gasteiger partial charge < -0.3 is 0 Å². The van der Waals surface area contributed by atoms with Crippen molar-refractivity contribution in [1.29, 1.82) is 0 Å². The molecule has 1 heterocycles. The van der Waals surface area contributed by atoms with Crippen LogP contribution < -0.4 is 5.43 Å². The number of halogens is 1. The minimum Gasteiger partial charge on any atom is -0.287 e. The van der Waals surface area contributed by atoms with Crippen molar-refractivity contribution in [1.82, 2.24) is 10.2 Å². The zero-order valence-electron chi connectivity index (χ0n) is 10.5. The van der Waals surface area contributed by atoms with E-state index >= 15 is 0 Å². The molecule has 2 aromatic carbocycles. The maximum Gasteiger partial charge on any atom is 0.215 e. The van der Waals surface area contributed by atoms with Crippen LogP contribution in [0.15, 0.2) is 65.6 Å². The first-order valence-corrected chi connectivity index (χ1v) is 6.53. The van der Waals surface area contributed by atoms with Gasteiger partial charge in [-0.25, -0.2) is 0 Å². The molecule has 3 nitrogen and oxygen atoms in total. The summed E-state index contributed by atoms with van der Waals surface area (Å²) in [5, 5.41) is 7.53. The quantitative estimate of drug-likeness (QED) is 0.778. The second-order valence-electron chi connectivity index (χ2n) is 4.35. The first kappa shape index (κ1) is 12.6. The highest BCUT2D eigenvalue weighted by Gasteiger charge is 2.10. The third kappa shape index (κ3) is 2.36. The topological polar surface area (TPSA) is 45.8 Å². The molecule has 0 spiro atoms. The van der Waals surface area contributed by atoms with Gasteiger partial charge in [-0.3, -0.25) is 9.89 Å². The minimum atomic E-state index is -0.0997. The Morgan fingerprint density at radius 3 is 2.30 bits per heavy atom. The van der Waals surface area contributed by atoms with E-state index in [1.54, 1.807) is 18.3 Å². The molecule has 0 aliphatic heterocycles. The van der Waals surface area contributed by atoms with Crippen LogP contribution in [-0.2, 0) is 0 Å². The molecule has 0 aliphatic rings. The van der Waals surface area contributed by atoms with Gasteiger partial charge in [-0.2, -0.15) is 5.10 Å². The van der Waals surface area contributed by atoms with Gasteiger partial charge in [0.25, 0.3) is 0 Å². The molecular weight excluding hydrogens is 272 g/mol. The van der Waals surface area contributed by atoms with Crippen LogP contribution in [0.25, 0.3) is 22.4 Å². The number of nitrogens with zero attached hydrogens (tertiary/aromatic N) is 1. The van der Waals surface area contributed by atoms with E-state index in [1.165, 1.54) is 0 Å². The van der Waals surface area contributed by atoms with Crippen LogP contribution in [0, 0.1) is 0 Å². The summed E-state index contributed by atoms with van der Waals surface area (Å²) in [4.78, 5) is 12.5. The van der Waals surface area contributed by atoms with E-state index in [2.05, 4.69) is 10.2 Å². The second kappa shape index (κ2) is 5.31. The molecule has 98 valence electrons. The van der Waals surface area contributed by atoms with Crippen molar-refractivity contribution in [3.63, 3.8) is 0 Å². The lowest BCUT2D eigenvalue weighted by Gasteiger charge is -2.04. The second-order valence-corrected chi connectivity index (χ2v) is 4.79. The lowest BCUT2D eigenvalue weighted by molar-refractivity contribution is 1.03. The molecular formula is C16H11ClN2O. The SMILES string of the molecule is O=c1c(-c2ccc(Cl)cc2)c[nH]nc1-c1ccccc1. The summed E-state index contributed by atoms with van der Waals surface area (Å²) in [7, 11) is 0. The van der Waals surface area contributed by atoms with Gasteiger partial charge in [0.2, 0.25) is 5.43 Å². The molecule has 3 rings (SSSR count). The summed E-state index contributed by atoms with van der Waals surface area (Å²) in [5.41, 5.74) is 2.51. The molecule has 1 aromatic heterocycles. The number of benzene rings is 2. The minimum absolute atomic E-state index is 0.0997. The van der Waals surface area contributed by atoms with Gasteiger partial charge >= 0.3 is 0 Å². The van der Waals surface area contributed by atoms with Gasteiger partial charge in [-0.15, -0.1) is 0 Å². The predicted molar refractivity (Wildman–Crippen MR) is 80.7 cm³/mol. The summed E-state index contributed by atoms with van der Waals surface area (Å²) < 4.78 is 0. The Labute approximate surface area is 120 Å². The van der Waals surface area contributed by atoms with Crippen molar-refractivity contribution in [3.05, 3.63) is 76.0 Å². The monoisotopic (exact) mass is 282 g/mol. The Morgan fingerprint density at radius 2 is 1.60 bits per heavy atom. The van der Waals surface area contributed by atoms with Gasteiger partial charge in [0, 0.05) is 22.3 Å². The predicted octanol–water partition coefficient (Wildman–Crippen LogP) is 3.76. The normalized spacial score (nSPS) is 10.4. The van der Waals surface area contributed by atoms with E-state index in [9.17, 15) is 4.79 Å². The molecule has 3 aromatic rings. The number of aromatic amines is 1. The lowest BCUT2D eigenvalue weighted by atomic mass is 10.0. The molecule has 0 saturated carbocycles. The van der Waals surface area contributed by atoms with Crippen molar-refractivity contribution >= 4 is 11.6 Å². The zero-order chi connectivity index (χ0) is 13.9. The van der Waals surface area contributed by atoms with Crippen LogP contribution >= 0.6 is 11.6 Å². The van der Waals surface area contributed by atoms with Gasteiger partial charge in [0.1, 0.15) is 5.69 Å². The van der Waals surface area contributed by atoms with E-state index in [0.29, 0.717) is 16.3 Å². The van der Waals surface area contributed by atoms with Crippen LogP contribution in [0.5, 0.6) is 0 Å². The molecule has 0 bridgehead atoms. The van der Waals surface area contributed by atoms with Gasteiger partial charge in [-0.05, 0) is 17.7 Å². The average Bonchev–Trinajstić information content (AvgIpc) is 2.49. The van der Waals surface area contributed by atoms with E-state index < -0.39 is 0 Å². The Balaban J connectivity index is 2.15. The van der Waals surface area contributed by atoms with Gasteiger partial charge in [-0.1, -0.05) is 54.1 Å². The van der Waals surface area contributed by atoms with Crippen LogP contribution in [-0.4, -0.2) is 10.2 Å². The maximum atomic E-state index is 12.5. The van der Waals surface area contributed by atoms with E-state index in [-0.39, 0.29) is 5.43 Å². The summed E-state index contributed by atoms with van der Waals surface area (Å²) in [6.45, 7) is 0. The first-order valence-electron chi connectivity index (χ1n) is 6.15. The van der Waals surface area contributed by atoms with Crippen LogP contribution in [0.3, 0.4) is 0 Å². The highest BCUT2D eigenvalue weighted by molar-refractivity contribution is 6.30. The molecule has 0 amide bonds. The third-order valence-corrected chi connectivity index (χ3v) is 3.30. The fraction of sp³-hybridized carbons (Fsp3) is 0. The highest BCUT2D eigenvalue weighted by atomic mass is 35.5. The third-order valence-electron chi connectivity index (χ3n) is 3.05. The number of hydrogen-bond donors (Lipinski definition) is 1. The molecule has 0 radical (unpaired) electrons. The molecule has 0 fully saturated rings. The Hall–Kier alpha value is -2.39. The highest BCUT2D eigenvalue weighted by Crippen LogP contribution is 2.20. The van der Waals surface area contributed by atoms with Crippen molar-refractivity contribution in [2.45, 2.75) is 0 Å². The number of rotatable bonds is 2. The summed E-state index contributed by atoms with van der Waals surface area (Å²) in [6, 6.07) is 16.6. The van der Waals surface area contributed by atoms with E-state index in [0.717, 1.165) is 11.1 Å². The summed E-state index contributed by atoms with van der Waals surface area (Å²) in [6.07, 6.45) is 1.61. The number of nitrogens with one attached hydrogen (secondary N) is 1. The van der Waals surface area contributed by atoms with Gasteiger partial charge in [0.15, 0.2) is 0 Å². The number of aromatic nitrogens is 2. The van der Waals surface area contributed by atoms with Crippen LogP contribution in [0.2, 0.25) is 5.02 Å². The fourth-order valence-electron chi connectivity index (χ4n) is 2.04. The van der Waals surface area contributed by atoms with Gasteiger partial charge in [0.05, 0.1) is 0 Å². The van der Waals surface area contributed by atoms with Crippen molar-refractivity contribution in [2.75, 3.05) is 0 Å². The smallest absolute Gasteiger partial charge is 0.215 e. The van der Waals surface area contributed by atoms with Crippen molar-refractivity contribution < 1.29 is 0 Å². The molecule has 1 N–H and O–H groups in total. The lowest BCUT2D eigenvalue weighted by Crippen LogP contribution is -2.11. The molecule has 4 heteroatoms. The summed E-state index contributed by atoms with van der Waals surface area (Å²) >= 11 is 5.87. The largest absolute Gasteiger partial charge is 0.287 e. The zero-order valence-corrected chi connectivity index (χ0v) is 11.3. The van der Waals surface area contributed by atoms with E-state index in [1.807, 2.05) is 42.5 Å².